The number of fused-ring (bicyclic) bond motifs is 1. The van der Waals surface area contributed by atoms with Crippen LogP contribution in [0.1, 0.15) is 31.8 Å². The van der Waals surface area contributed by atoms with Crippen LogP contribution in [0.15, 0.2) is 97.2 Å². The van der Waals surface area contributed by atoms with Gasteiger partial charge in [-0.25, -0.2) is 0 Å². The molecule has 0 aliphatic carbocycles. The second-order valence-corrected chi connectivity index (χ2v) is 10.6. The molecule has 0 fully saturated rings. The lowest BCUT2D eigenvalue weighted by Crippen LogP contribution is -2.21. The van der Waals surface area contributed by atoms with E-state index in [1.54, 1.807) is 51.7 Å². The molecular weight excluding hydrogens is 568 g/mol. The topological polar surface area (TPSA) is 102 Å². The number of nitrogens with one attached hydrogen (secondary N) is 2. The number of benzene rings is 4. The Morgan fingerprint density at radius 3 is 2.16 bits per heavy atom. The van der Waals surface area contributed by atoms with Crippen LogP contribution in [0.5, 0.6) is 17.2 Å². The van der Waals surface area contributed by atoms with E-state index in [0.717, 1.165) is 35.0 Å². The maximum Gasteiger partial charge on any atom is 0.257 e. The van der Waals surface area contributed by atoms with Crippen LogP contribution in [0.25, 0.3) is 10.9 Å². The minimum absolute atomic E-state index is 0.319. The molecule has 0 unspecified atom stereocenters. The molecule has 9 nitrogen and oxygen atoms in total. The predicted molar refractivity (Wildman–Crippen MR) is 177 cm³/mol. The van der Waals surface area contributed by atoms with Crippen LogP contribution in [0.2, 0.25) is 0 Å². The molecule has 0 aliphatic heterocycles. The Kier molecular flexibility index (Phi) is 9.91. The Labute approximate surface area is 262 Å². The molecule has 0 saturated carbocycles. The standard InChI is InChI=1S/C36H36N4O5/c1-40(23-25-19-32(43-2)34(45-4)33(20-25)44-3)18-17-24-13-15-28(16-14-24)38-36(42)29-10-6-8-12-31(29)39-35(41)27-21-26-9-5-7-11-30(26)37-22-27/h5-16,19-22H,17-18,23H2,1-4H3,(H,38,42)(H,39,41). The molecule has 1 aromatic heterocycles. The van der Waals surface area contributed by atoms with Crippen LogP contribution in [0, 0.1) is 0 Å². The van der Waals surface area contributed by atoms with Crippen molar-refractivity contribution in [3.8, 4) is 17.2 Å². The van der Waals surface area contributed by atoms with Crippen LogP contribution in [-0.4, -0.2) is 56.6 Å². The molecule has 0 aliphatic rings. The fourth-order valence-electron chi connectivity index (χ4n) is 5.07. The maximum absolute atomic E-state index is 13.2. The number of amides is 2. The second kappa shape index (κ2) is 14.4. The van der Waals surface area contributed by atoms with Gasteiger partial charge in [-0.2, -0.15) is 0 Å². The van der Waals surface area contributed by atoms with Crippen molar-refractivity contribution in [3.05, 3.63) is 119 Å². The number of methoxy groups -OCH3 is 3. The quantitative estimate of drug-likeness (QED) is 0.169. The third-order valence-corrected chi connectivity index (χ3v) is 7.44. The normalized spacial score (nSPS) is 10.9. The van der Waals surface area contributed by atoms with Crippen LogP contribution >= 0.6 is 0 Å². The average molecular weight is 605 g/mol. The summed E-state index contributed by atoms with van der Waals surface area (Å²) in [7, 11) is 6.87. The molecule has 9 heteroatoms. The van der Waals surface area contributed by atoms with Gasteiger partial charge in [0.25, 0.3) is 11.8 Å². The molecule has 0 radical (unpaired) electrons. The number of likely N-dealkylation sites (N-methyl/N-ethyl adjacent to an activating group) is 1. The van der Waals surface area contributed by atoms with Gasteiger partial charge >= 0.3 is 0 Å². The molecule has 0 spiro atoms. The first kappa shape index (κ1) is 31.0. The lowest BCUT2D eigenvalue weighted by atomic mass is 10.1. The maximum atomic E-state index is 13.2. The summed E-state index contributed by atoms with van der Waals surface area (Å²) in [6.07, 6.45) is 2.36. The van der Waals surface area contributed by atoms with E-state index in [1.807, 2.05) is 60.7 Å². The van der Waals surface area contributed by atoms with Gasteiger partial charge in [-0.1, -0.05) is 42.5 Å². The van der Waals surface area contributed by atoms with E-state index >= 15 is 0 Å². The van der Waals surface area contributed by atoms with Crippen molar-refractivity contribution in [2.24, 2.45) is 0 Å². The Bertz CT molecular complexity index is 1780. The molecule has 230 valence electrons. The highest BCUT2D eigenvalue weighted by molar-refractivity contribution is 6.13. The minimum atomic E-state index is -0.340. The summed E-state index contributed by atoms with van der Waals surface area (Å²) in [6.45, 7) is 1.53. The number of anilines is 2. The summed E-state index contributed by atoms with van der Waals surface area (Å²) in [5.74, 6) is 1.18. The third-order valence-electron chi connectivity index (χ3n) is 7.44. The number of rotatable bonds is 12. The Morgan fingerprint density at radius 2 is 1.44 bits per heavy atom. The smallest absolute Gasteiger partial charge is 0.257 e. The number of carbonyl (C=O) groups excluding carboxylic acids is 2. The number of ether oxygens (including phenoxy) is 3. The SMILES string of the molecule is COc1cc(CN(C)CCc2ccc(NC(=O)c3ccccc3NC(=O)c3cnc4ccccc4c3)cc2)cc(OC)c1OC. The number of pyridine rings is 1. The van der Waals surface area contributed by atoms with E-state index in [0.29, 0.717) is 46.3 Å². The summed E-state index contributed by atoms with van der Waals surface area (Å²) in [4.78, 5) is 32.8. The number of aromatic nitrogens is 1. The zero-order valence-electron chi connectivity index (χ0n) is 25.8. The van der Waals surface area contributed by atoms with E-state index in [4.69, 9.17) is 14.2 Å². The second-order valence-electron chi connectivity index (χ2n) is 10.6. The molecule has 4 aromatic carbocycles. The van der Waals surface area contributed by atoms with Crippen molar-refractivity contribution in [2.45, 2.75) is 13.0 Å². The van der Waals surface area contributed by atoms with Crippen LogP contribution < -0.4 is 24.8 Å². The van der Waals surface area contributed by atoms with Gasteiger partial charge < -0.3 is 29.7 Å². The van der Waals surface area contributed by atoms with Gasteiger partial charge in [-0.05, 0) is 73.1 Å². The molecule has 0 saturated heterocycles. The van der Waals surface area contributed by atoms with E-state index in [-0.39, 0.29) is 11.8 Å². The highest BCUT2D eigenvalue weighted by atomic mass is 16.5. The zero-order valence-corrected chi connectivity index (χ0v) is 25.8. The molecule has 0 bridgehead atoms. The summed E-state index contributed by atoms with van der Waals surface area (Å²) in [5, 5.41) is 6.68. The van der Waals surface area contributed by atoms with Crippen molar-refractivity contribution in [1.29, 1.82) is 0 Å². The van der Waals surface area contributed by atoms with Crippen molar-refractivity contribution in [1.82, 2.24) is 9.88 Å². The van der Waals surface area contributed by atoms with Crippen molar-refractivity contribution < 1.29 is 23.8 Å². The Morgan fingerprint density at radius 1 is 0.756 bits per heavy atom. The van der Waals surface area contributed by atoms with Gasteiger partial charge in [0.05, 0.1) is 43.7 Å². The first-order valence-corrected chi connectivity index (χ1v) is 14.5. The minimum Gasteiger partial charge on any atom is -0.493 e. The third kappa shape index (κ3) is 7.57. The predicted octanol–water partition coefficient (Wildman–Crippen LogP) is 6.44. The van der Waals surface area contributed by atoms with Gasteiger partial charge in [-0.3, -0.25) is 14.6 Å². The van der Waals surface area contributed by atoms with Gasteiger partial charge in [0.1, 0.15) is 0 Å². The van der Waals surface area contributed by atoms with Crippen molar-refractivity contribution in [3.63, 3.8) is 0 Å². The molecule has 2 N–H and O–H groups in total. The molecule has 5 rings (SSSR count). The van der Waals surface area contributed by atoms with Gasteiger partial charge in [-0.15, -0.1) is 0 Å². The summed E-state index contributed by atoms with van der Waals surface area (Å²) >= 11 is 0. The molecule has 5 aromatic rings. The number of hydrogen-bond acceptors (Lipinski definition) is 7. The largest absolute Gasteiger partial charge is 0.493 e. The van der Waals surface area contributed by atoms with Crippen LogP contribution in [-0.2, 0) is 13.0 Å². The summed E-state index contributed by atoms with van der Waals surface area (Å²) in [5.41, 5.74) is 4.85. The number of para-hydroxylation sites is 2. The van der Waals surface area contributed by atoms with Crippen molar-refractivity contribution in [2.75, 3.05) is 45.6 Å². The molecule has 0 atom stereocenters. The lowest BCUT2D eigenvalue weighted by molar-refractivity contribution is 0.102. The molecule has 45 heavy (non-hydrogen) atoms. The highest BCUT2D eigenvalue weighted by Crippen LogP contribution is 2.38. The number of hydrogen-bond donors (Lipinski definition) is 2. The first-order chi connectivity index (χ1) is 21.9. The highest BCUT2D eigenvalue weighted by Gasteiger charge is 2.16. The van der Waals surface area contributed by atoms with Crippen molar-refractivity contribution >= 4 is 34.1 Å². The first-order valence-electron chi connectivity index (χ1n) is 14.5. The van der Waals surface area contributed by atoms with E-state index in [9.17, 15) is 9.59 Å². The monoisotopic (exact) mass is 604 g/mol. The summed E-state index contributed by atoms with van der Waals surface area (Å²) in [6, 6.07) is 28.0. The summed E-state index contributed by atoms with van der Waals surface area (Å²) < 4.78 is 16.4. The van der Waals surface area contributed by atoms with Gasteiger partial charge in [0.2, 0.25) is 5.75 Å². The fraction of sp³-hybridized carbons (Fsp3) is 0.194. The lowest BCUT2D eigenvalue weighted by Gasteiger charge is -2.19. The molecular formula is C36H36N4O5. The van der Waals surface area contributed by atoms with Crippen LogP contribution in [0.3, 0.4) is 0 Å². The number of carbonyl (C=O) groups is 2. The zero-order chi connectivity index (χ0) is 31.8. The number of nitrogens with zero attached hydrogens (tertiary/aromatic N) is 2. The van der Waals surface area contributed by atoms with E-state index in [2.05, 4.69) is 27.6 Å². The van der Waals surface area contributed by atoms with Gasteiger partial charge in [0.15, 0.2) is 11.5 Å². The average Bonchev–Trinajstić information content (AvgIpc) is 3.07. The van der Waals surface area contributed by atoms with Gasteiger partial charge in [0, 0.05) is 30.4 Å². The Balaban J connectivity index is 1.18. The molecule has 2 amide bonds. The van der Waals surface area contributed by atoms with E-state index < -0.39 is 0 Å². The fourth-order valence-corrected chi connectivity index (χ4v) is 5.07. The molecule has 1 heterocycles. The Hall–Kier alpha value is -5.41. The van der Waals surface area contributed by atoms with Crippen LogP contribution in [0.4, 0.5) is 11.4 Å². The van der Waals surface area contributed by atoms with E-state index in [1.165, 1.54) is 6.20 Å².